The first-order valence-electron chi connectivity index (χ1n) is 5.94. The molecule has 1 aliphatic heterocycles. The monoisotopic (exact) mass is 273 g/mol. The van der Waals surface area contributed by atoms with Crippen LogP contribution in [-0.2, 0) is 6.54 Å². The van der Waals surface area contributed by atoms with Gasteiger partial charge in [-0.05, 0) is 29.8 Å². The van der Waals surface area contributed by atoms with Crippen molar-refractivity contribution >= 4 is 23.2 Å². The molecule has 2 aromatic rings. The molecule has 0 atom stereocenters. The van der Waals surface area contributed by atoms with E-state index in [1.807, 2.05) is 30.3 Å². The van der Waals surface area contributed by atoms with E-state index in [0.29, 0.717) is 17.3 Å². The van der Waals surface area contributed by atoms with Gasteiger partial charge in [0.1, 0.15) is 5.75 Å². The van der Waals surface area contributed by atoms with E-state index in [2.05, 4.69) is 0 Å². The number of carbonyl (C=O) groups excluding carboxylic acids is 1. The van der Waals surface area contributed by atoms with Crippen LogP contribution in [0.25, 0.3) is 0 Å². The lowest BCUT2D eigenvalue weighted by atomic mass is 10.1. The fourth-order valence-corrected chi connectivity index (χ4v) is 2.54. The lowest BCUT2D eigenvalue weighted by Crippen LogP contribution is -2.22. The molecule has 96 valence electrons. The summed E-state index contributed by atoms with van der Waals surface area (Å²) < 4.78 is 5.12. The van der Waals surface area contributed by atoms with Crippen LogP contribution in [0.3, 0.4) is 0 Å². The third kappa shape index (κ3) is 1.96. The number of amides is 1. The van der Waals surface area contributed by atoms with Gasteiger partial charge in [0.15, 0.2) is 0 Å². The van der Waals surface area contributed by atoms with E-state index in [0.717, 1.165) is 16.8 Å². The van der Waals surface area contributed by atoms with Crippen LogP contribution in [-0.4, -0.2) is 13.0 Å². The zero-order valence-corrected chi connectivity index (χ0v) is 11.1. The Kier molecular flexibility index (Phi) is 2.91. The van der Waals surface area contributed by atoms with E-state index in [1.54, 1.807) is 24.1 Å². The van der Waals surface area contributed by atoms with Crippen LogP contribution in [0, 0.1) is 0 Å². The molecule has 0 radical (unpaired) electrons. The molecule has 3 nitrogen and oxygen atoms in total. The molecule has 0 saturated heterocycles. The second kappa shape index (κ2) is 4.59. The van der Waals surface area contributed by atoms with Gasteiger partial charge in [0.05, 0.1) is 18.7 Å². The molecule has 0 unspecified atom stereocenters. The van der Waals surface area contributed by atoms with Gasteiger partial charge in [-0.1, -0.05) is 29.8 Å². The molecule has 0 aromatic heterocycles. The van der Waals surface area contributed by atoms with Crippen LogP contribution in [0.5, 0.6) is 5.75 Å². The summed E-state index contributed by atoms with van der Waals surface area (Å²) in [6.45, 7) is 0.581. The number of rotatable bonds is 2. The Hall–Kier alpha value is -2.00. The number of methoxy groups -OCH3 is 1. The fraction of sp³-hybridized carbons (Fsp3) is 0.133. The van der Waals surface area contributed by atoms with Crippen molar-refractivity contribution in [2.45, 2.75) is 6.54 Å². The maximum absolute atomic E-state index is 12.3. The third-order valence-electron chi connectivity index (χ3n) is 3.27. The lowest BCUT2D eigenvalue weighted by Gasteiger charge is -2.16. The Morgan fingerprint density at radius 2 is 2.00 bits per heavy atom. The summed E-state index contributed by atoms with van der Waals surface area (Å²) in [6, 6.07) is 13.0. The van der Waals surface area contributed by atoms with E-state index < -0.39 is 0 Å². The number of hydrogen-bond donors (Lipinski definition) is 0. The highest BCUT2D eigenvalue weighted by Gasteiger charge is 2.28. The number of benzene rings is 2. The van der Waals surface area contributed by atoms with Crippen molar-refractivity contribution in [3.63, 3.8) is 0 Å². The molecule has 0 aliphatic carbocycles. The SMILES string of the molecule is COc1ccc(N2Cc3ccccc3C2=O)cc1Cl. The molecule has 0 saturated carbocycles. The highest BCUT2D eigenvalue weighted by Crippen LogP contribution is 2.33. The first kappa shape index (κ1) is 12.1. The molecule has 1 heterocycles. The van der Waals surface area contributed by atoms with E-state index >= 15 is 0 Å². The minimum Gasteiger partial charge on any atom is -0.495 e. The van der Waals surface area contributed by atoms with E-state index in [4.69, 9.17) is 16.3 Å². The minimum atomic E-state index is 0.0110. The molecular formula is C15H12ClNO2. The molecule has 0 spiro atoms. The number of anilines is 1. The average Bonchev–Trinajstić information content (AvgIpc) is 2.77. The average molecular weight is 274 g/mol. The predicted molar refractivity (Wildman–Crippen MR) is 75.0 cm³/mol. The van der Waals surface area contributed by atoms with Gasteiger partial charge in [-0.2, -0.15) is 0 Å². The first-order chi connectivity index (χ1) is 9.20. The predicted octanol–water partition coefficient (Wildman–Crippen LogP) is 3.51. The van der Waals surface area contributed by atoms with Gasteiger partial charge in [-0.3, -0.25) is 4.79 Å². The van der Waals surface area contributed by atoms with Gasteiger partial charge >= 0.3 is 0 Å². The number of fused-ring (bicyclic) bond motifs is 1. The Bertz CT molecular complexity index is 654. The summed E-state index contributed by atoms with van der Waals surface area (Å²) >= 11 is 6.10. The standard InChI is InChI=1S/C15H12ClNO2/c1-19-14-7-6-11(8-13(14)16)17-9-10-4-2-3-5-12(10)15(17)18/h2-8H,9H2,1H3. The molecular weight excluding hydrogens is 262 g/mol. The summed E-state index contributed by atoms with van der Waals surface area (Å²) in [5.74, 6) is 0.617. The number of hydrogen-bond acceptors (Lipinski definition) is 2. The first-order valence-corrected chi connectivity index (χ1v) is 6.32. The quantitative estimate of drug-likeness (QED) is 0.838. The molecule has 1 aliphatic rings. The molecule has 0 N–H and O–H groups in total. The third-order valence-corrected chi connectivity index (χ3v) is 3.56. The number of carbonyl (C=O) groups is 1. The second-order valence-electron chi connectivity index (χ2n) is 4.37. The maximum atomic E-state index is 12.3. The Morgan fingerprint density at radius 1 is 1.21 bits per heavy atom. The van der Waals surface area contributed by atoms with Crippen molar-refractivity contribution in [1.29, 1.82) is 0 Å². The number of halogens is 1. The molecule has 19 heavy (non-hydrogen) atoms. The summed E-state index contributed by atoms with van der Waals surface area (Å²) in [7, 11) is 1.57. The van der Waals surface area contributed by atoms with Gasteiger partial charge in [0.25, 0.3) is 5.91 Å². The summed E-state index contributed by atoms with van der Waals surface area (Å²) in [5.41, 5.74) is 2.58. The molecule has 0 fully saturated rings. The van der Waals surface area contributed by atoms with Crippen LogP contribution in [0.1, 0.15) is 15.9 Å². The van der Waals surface area contributed by atoms with Gasteiger partial charge in [0.2, 0.25) is 0 Å². The Balaban J connectivity index is 1.97. The van der Waals surface area contributed by atoms with Crippen molar-refractivity contribution in [3.05, 3.63) is 58.6 Å². The molecule has 1 amide bonds. The van der Waals surface area contributed by atoms with E-state index in [1.165, 1.54) is 0 Å². The van der Waals surface area contributed by atoms with Gasteiger partial charge in [-0.25, -0.2) is 0 Å². The van der Waals surface area contributed by atoms with Gasteiger partial charge in [-0.15, -0.1) is 0 Å². The van der Waals surface area contributed by atoms with Crippen LogP contribution >= 0.6 is 11.6 Å². The molecule has 2 aromatic carbocycles. The smallest absolute Gasteiger partial charge is 0.258 e. The van der Waals surface area contributed by atoms with E-state index in [9.17, 15) is 4.79 Å². The zero-order valence-electron chi connectivity index (χ0n) is 10.4. The van der Waals surface area contributed by atoms with Gasteiger partial charge < -0.3 is 9.64 Å². The highest BCUT2D eigenvalue weighted by molar-refractivity contribution is 6.32. The summed E-state index contributed by atoms with van der Waals surface area (Å²) in [4.78, 5) is 14.0. The Morgan fingerprint density at radius 3 is 2.68 bits per heavy atom. The maximum Gasteiger partial charge on any atom is 0.258 e. The largest absolute Gasteiger partial charge is 0.495 e. The summed E-state index contributed by atoms with van der Waals surface area (Å²) in [6.07, 6.45) is 0. The van der Waals surface area contributed by atoms with Crippen molar-refractivity contribution in [2.75, 3.05) is 12.0 Å². The molecule has 3 rings (SSSR count). The van der Waals surface area contributed by atoms with E-state index in [-0.39, 0.29) is 5.91 Å². The van der Waals surface area contributed by atoms with Crippen LogP contribution < -0.4 is 9.64 Å². The van der Waals surface area contributed by atoms with Crippen LogP contribution in [0.15, 0.2) is 42.5 Å². The number of nitrogens with zero attached hydrogens (tertiary/aromatic N) is 1. The van der Waals surface area contributed by atoms with Crippen LogP contribution in [0.4, 0.5) is 5.69 Å². The summed E-state index contributed by atoms with van der Waals surface area (Å²) in [5, 5.41) is 0.503. The van der Waals surface area contributed by atoms with Crippen molar-refractivity contribution in [1.82, 2.24) is 0 Å². The Labute approximate surface area is 116 Å². The second-order valence-corrected chi connectivity index (χ2v) is 4.77. The molecule has 4 heteroatoms. The normalized spacial score (nSPS) is 13.6. The lowest BCUT2D eigenvalue weighted by molar-refractivity contribution is 0.0996. The van der Waals surface area contributed by atoms with Crippen molar-refractivity contribution in [2.24, 2.45) is 0 Å². The van der Waals surface area contributed by atoms with Crippen LogP contribution in [0.2, 0.25) is 5.02 Å². The van der Waals surface area contributed by atoms with Gasteiger partial charge in [0, 0.05) is 11.3 Å². The fourth-order valence-electron chi connectivity index (χ4n) is 2.29. The molecule has 0 bridgehead atoms. The van der Waals surface area contributed by atoms with Crippen molar-refractivity contribution < 1.29 is 9.53 Å². The minimum absolute atomic E-state index is 0.0110. The van der Waals surface area contributed by atoms with Crippen molar-refractivity contribution in [3.8, 4) is 5.75 Å². The highest BCUT2D eigenvalue weighted by atomic mass is 35.5. The zero-order chi connectivity index (χ0) is 13.4. The topological polar surface area (TPSA) is 29.5 Å². The number of ether oxygens (including phenoxy) is 1.